The van der Waals surface area contributed by atoms with Crippen LogP contribution in [0.5, 0.6) is 0 Å². The van der Waals surface area contributed by atoms with Crippen LogP contribution in [-0.4, -0.2) is 4.33 Å². The zero-order valence-corrected chi connectivity index (χ0v) is 7.67. The first-order chi connectivity index (χ1) is 4.59. The van der Waals surface area contributed by atoms with Crippen molar-refractivity contribution in [1.82, 2.24) is 0 Å². The van der Waals surface area contributed by atoms with Gasteiger partial charge in [0.05, 0.1) is 0 Å². The van der Waals surface area contributed by atoms with E-state index >= 15 is 0 Å². The van der Waals surface area contributed by atoms with Crippen molar-refractivity contribution >= 4 is 23.2 Å². The molecule has 0 aromatic carbocycles. The number of alkyl halides is 2. The molecule has 0 nitrogen and oxygen atoms in total. The fraction of sp³-hybridized carbons (Fsp3) is 1.00. The Morgan fingerprint density at radius 1 is 1.30 bits per heavy atom. The predicted molar refractivity (Wildman–Crippen MR) is 44.5 cm³/mol. The molecule has 58 valence electrons. The SMILES string of the molecule is C[C@@]12CCCC[C@H]1C2(Cl)Cl. The Balaban J connectivity index is 2.20. The Labute approximate surface area is 71.9 Å². The molecule has 2 aliphatic rings. The largest absolute Gasteiger partial charge is 0.127 e. The van der Waals surface area contributed by atoms with Crippen molar-refractivity contribution < 1.29 is 0 Å². The van der Waals surface area contributed by atoms with Gasteiger partial charge in [-0.1, -0.05) is 19.8 Å². The van der Waals surface area contributed by atoms with Gasteiger partial charge in [0.15, 0.2) is 0 Å². The zero-order valence-electron chi connectivity index (χ0n) is 6.16. The minimum atomic E-state index is -0.372. The fourth-order valence-corrected chi connectivity index (χ4v) is 3.40. The van der Waals surface area contributed by atoms with E-state index in [4.69, 9.17) is 23.2 Å². The smallest absolute Gasteiger partial charge is 0.101 e. The Hall–Kier alpha value is 0.580. The molecule has 2 rings (SSSR count). The molecular formula is C8H12Cl2. The van der Waals surface area contributed by atoms with Crippen LogP contribution in [0.1, 0.15) is 32.6 Å². The van der Waals surface area contributed by atoms with Gasteiger partial charge >= 0.3 is 0 Å². The zero-order chi connectivity index (χ0) is 7.41. The maximum atomic E-state index is 6.12. The minimum Gasteiger partial charge on any atom is -0.101 e. The molecule has 0 N–H and O–H groups in total. The van der Waals surface area contributed by atoms with Gasteiger partial charge in [-0.15, -0.1) is 23.2 Å². The molecule has 0 aromatic heterocycles. The van der Waals surface area contributed by atoms with E-state index in [1.165, 1.54) is 25.7 Å². The van der Waals surface area contributed by atoms with E-state index in [9.17, 15) is 0 Å². The molecule has 0 radical (unpaired) electrons. The maximum Gasteiger partial charge on any atom is 0.127 e. The Morgan fingerprint density at radius 3 is 2.40 bits per heavy atom. The van der Waals surface area contributed by atoms with Crippen LogP contribution in [0.4, 0.5) is 0 Å². The van der Waals surface area contributed by atoms with E-state index in [-0.39, 0.29) is 9.75 Å². The molecule has 0 amide bonds. The average Bonchev–Trinajstić information content (AvgIpc) is 2.30. The van der Waals surface area contributed by atoms with Crippen LogP contribution in [0.3, 0.4) is 0 Å². The number of hydrogen-bond acceptors (Lipinski definition) is 0. The van der Waals surface area contributed by atoms with Crippen molar-refractivity contribution in [3.05, 3.63) is 0 Å². The lowest BCUT2D eigenvalue weighted by atomic mass is 9.90. The highest BCUT2D eigenvalue weighted by atomic mass is 35.5. The molecule has 2 atom stereocenters. The first-order valence-corrected chi connectivity index (χ1v) is 4.72. The first kappa shape index (κ1) is 7.24. The highest BCUT2D eigenvalue weighted by Gasteiger charge is 2.72. The van der Waals surface area contributed by atoms with Crippen molar-refractivity contribution in [3.63, 3.8) is 0 Å². The van der Waals surface area contributed by atoms with Crippen LogP contribution in [-0.2, 0) is 0 Å². The summed E-state index contributed by atoms with van der Waals surface area (Å²) >= 11 is 12.2. The van der Waals surface area contributed by atoms with E-state index in [2.05, 4.69) is 6.92 Å². The summed E-state index contributed by atoms with van der Waals surface area (Å²) in [6.07, 6.45) is 5.10. The monoisotopic (exact) mass is 178 g/mol. The quantitative estimate of drug-likeness (QED) is 0.500. The molecule has 0 saturated heterocycles. The topological polar surface area (TPSA) is 0 Å². The Morgan fingerprint density at radius 2 is 2.00 bits per heavy atom. The summed E-state index contributed by atoms with van der Waals surface area (Å²) in [5, 5.41) is 0. The lowest BCUT2D eigenvalue weighted by Gasteiger charge is -2.15. The van der Waals surface area contributed by atoms with Crippen LogP contribution in [0, 0.1) is 11.3 Å². The summed E-state index contributed by atoms with van der Waals surface area (Å²) in [5.41, 5.74) is 0.272. The number of hydrogen-bond donors (Lipinski definition) is 0. The van der Waals surface area contributed by atoms with Crippen LogP contribution in [0.15, 0.2) is 0 Å². The first-order valence-electron chi connectivity index (χ1n) is 3.97. The molecule has 0 heterocycles. The molecule has 0 aliphatic heterocycles. The van der Waals surface area contributed by atoms with E-state index in [0.29, 0.717) is 5.92 Å². The number of halogens is 2. The molecule has 2 fully saturated rings. The summed E-state index contributed by atoms with van der Waals surface area (Å²) in [6.45, 7) is 2.22. The van der Waals surface area contributed by atoms with Gasteiger partial charge in [0.2, 0.25) is 0 Å². The van der Waals surface area contributed by atoms with Gasteiger partial charge in [-0.05, 0) is 12.8 Å². The highest BCUT2D eigenvalue weighted by molar-refractivity contribution is 6.51. The summed E-state index contributed by atoms with van der Waals surface area (Å²) in [6, 6.07) is 0. The van der Waals surface area contributed by atoms with Gasteiger partial charge in [0, 0.05) is 11.3 Å². The van der Waals surface area contributed by atoms with Gasteiger partial charge in [0.25, 0.3) is 0 Å². The van der Waals surface area contributed by atoms with Crippen LogP contribution in [0.2, 0.25) is 0 Å². The average molecular weight is 179 g/mol. The summed E-state index contributed by atoms with van der Waals surface area (Å²) < 4.78 is -0.372. The normalized spacial score (nSPS) is 50.1. The standard InChI is InChI=1S/C8H12Cl2/c1-7-5-3-2-4-6(7)8(7,9)10/h6H,2-5H2,1H3/t6-,7-/m1/s1. The minimum absolute atomic E-state index is 0.272. The van der Waals surface area contributed by atoms with Gasteiger partial charge in [-0.2, -0.15) is 0 Å². The van der Waals surface area contributed by atoms with E-state index in [1.807, 2.05) is 0 Å². The maximum absolute atomic E-state index is 6.12. The Bertz CT molecular complexity index is 165. The van der Waals surface area contributed by atoms with Crippen molar-refractivity contribution in [2.45, 2.75) is 36.9 Å². The van der Waals surface area contributed by atoms with Crippen molar-refractivity contribution in [2.75, 3.05) is 0 Å². The third-order valence-electron chi connectivity index (χ3n) is 3.32. The molecule has 2 heteroatoms. The molecule has 0 spiro atoms. The van der Waals surface area contributed by atoms with Gasteiger partial charge in [-0.3, -0.25) is 0 Å². The fourth-order valence-electron chi connectivity index (χ4n) is 2.36. The van der Waals surface area contributed by atoms with Crippen molar-refractivity contribution in [1.29, 1.82) is 0 Å². The van der Waals surface area contributed by atoms with Crippen LogP contribution >= 0.6 is 23.2 Å². The molecule has 10 heavy (non-hydrogen) atoms. The number of fused-ring (bicyclic) bond motifs is 1. The van der Waals surface area contributed by atoms with Gasteiger partial charge in [-0.25, -0.2) is 0 Å². The van der Waals surface area contributed by atoms with Crippen molar-refractivity contribution in [3.8, 4) is 0 Å². The van der Waals surface area contributed by atoms with Gasteiger partial charge < -0.3 is 0 Å². The lowest BCUT2D eigenvalue weighted by Crippen LogP contribution is -2.06. The highest BCUT2D eigenvalue weighted by Crippen LogP contribution is 2.74. The molecule has 2 aliphatic carbocycles. The predicted octanol–water partition coefficient (Wildman–Crippen LogP) is 3.37. The third kappa shape index (κ3) is 0.648. The van der Waals surface area contributed by atoms with Crippen molar-refractivity contribution in [2.24, 2.45) is 11.3 Å². The molecule has 0 bridgehead atoms. The number of rotatable bonds is 0. The lowest BCUT2D eigenvalue weighted by molar-refractivity contribution is 0.365. The second-order valence-electron chi connectivity index (χ2n) is 3.84. The summed E-state index contributed by atoms with van der Waals surface area (Å²) in [5.74, 6) is 0.595. The van der Waals surface area contributed by atoms with E-state index in [0.717, 1.165) is 0 Å². The second kappa shape index (κ2) is 1.84. The summed E-state index contributed by atoms with van der Waals surface area (Å²) in [4.78, 5) is 0. The van der Waals surface area contributed by atoms with E-state index in [1.54, 1.807) is 0 Å². The van der Waals surface area contributed by atoms with Crippen LogP contribution < -0.4 is 0 Å². The molecule has 0 unspecified atom stereocenters. The van der Waals surface area contributed by atoms with Gasteiger partial charge in [0.1, 0.15) is 4.33 Å². The van der Waals surface area contributed by atoms with Crippen LogP contribution in [0.25, 0.3) is 0 Å². The Kier molecular flexibility index (Phi) is 1.33. The molecular weight excluding hydrogens is 167 g/mol. The third-order valence-corrected chi connectivity index (χ3v) is 4.71. The summed E-state index contributed by atoms with van der Waals surface area (Å²) in [7, 11) is 0. The molecule has 2 saturated carbocycles. The van der Waals surface area contributed by atoms with E-state index < -0.39 is 0 Å². The second-order valence-corrected chi connectivity index (χ2v) is 5.22. The molecule has 0 aromatic rings.